The van der Waals surface area contributed by atoms with E-state index in [0.29, 0.717) is 5.56 Å². The predicted molar refractivity (Wildman–Crippen MR) is 70.4 cm³/mol. The minimum Gasteiger partial charge on any atom is -0.356 e. The molecule has 0 radical (unpaired) electrons. The maximum absolute atomic E-state index is 11.9. The second kappa shape index (κ2) is 7.84. The van der Waals surface area contributed by atoms with Crippen LogP contribution in [0.25, 0.3) is 0 Å². The number of nitrogens with one attached hydrogen (secondary N) is 1. The van der Waals surface area contributed by atoms with E-state index < -0.39 is 0 Å². The van der Waals surface area contributed by atoms with E-state index in [0.717, 1.165) is 12.8 Å². The van der Waals surface area contributed by atoms with Crippen molar-refractivity contribution in [3.05, 3.63) is 35.9 Å². The first-order chi connectivity index (χ1) is 8.67. The number of rotatable bonds is 7. The first kappa shape index (κ1) is 14.7. The van der Waals surface area contributed by atoms with Gasteiger partial charge in [-0.25, -0.2) is 0 Å². The van der Waals surface area contributed by atoms with Crippen molar-refractivity contribution in [2.45, 2.75) is 32.1 Å². The molecule has 0 aliphatic heterocycles. The molecule has 0 aromatic heterocycles. The zero-order valence-electron chi connectivity index (χ0n) is 11.2. The Hall–Kier alpha value is -1.39. The Bertz CT molecular complexity index is 349. The highest BCUT2D eigenvalue weighted by Crippen LogP contribution is 2.06. The molecule has 0 fully saturated rings. The van der Waals surface area contributed by atoms with Crippen LogP contribution in [0.3, 0.4) is 0 Å². The number of benzene rings is 1. The fraction of sp³-hybridized carbons (Fsp3) is 0.500. The highest BCUT2D eigenvalue weighted by Gasteiger charge is 2.12. The number of carbonyl (C=O) groups is 1. The van der Waals surface area contributed by atoms with Crippen LogP contribution in [-0.2, 0) is 9.47 Å². The van der Waals surface area contributed by atoms with Gasteiger partial charge >= 0.3 is 0 Å². The summed E-state index contributed by atoms with van der Waals surface area (Å²) in [6.45, 7) is 1.98. The zero-order chi connectivity index (χ0) is 13.4. The number of ether oxygens (including phenoxy) is 2. The van der Waals surface area contributed by atoms with Gasteiger partial charge in [-0.3, -0.25) is 4.79 Å². The van der Waals surface area contributed by atoms with Crippen molar-refractivity contribution < 1.29 is 14.3 Å². The molecule has 0 bridgehead atoms. The van der Waals surface area contributed by atoms with Crippen LogP contribution in [0.2, 0.25) is 0 Å². The van der Waals surface area contributed by atoms with Gasteiger partial charge in [0, 0.05) is 32.2 Å². The predicted octanol–water partition coefficient (Wildman–Crippen LogP) is 2.20. The van der Waals surface area contributed by atoms with Gasteiger partial charge in [-0.05, 0) is 25.5 Å². The Balaban J connectivity index is 2.36. The smallest absolute Gasteiger partial charge is 0.251 e. The molecule has 1 atom stereocenters. The van der Waals surface area contributed by atoms with E-state index in [1.54, 1.807) is 26.4 Å². The topological polar surface area (TPSA) is 47.6 Å². The highest BCUT2D eigenvalue weighted by molar-refractivity contribution is 5.94. The van der Waals surface area contributed by atoms with E-state index in [1.165, 1.54) is 0 Å². The molecule has 0 aliphatic rings. The number of amides is 1. The number of methoxy groups -OCH3 is 2. The second-order valence-electron chi connectivity index (χ2n) is 4.22. The summed E-state index contributed by atoms with van der Waals surface area (Å²) in [5.41, 5.74) is 0.680. The summed E-state index contributed by atoms with van der Waals surface area (Å²) >= 11 is 0. The fourth-order valence-electron chi connectivity index (χ4n) is 1.69. The fourth-order valence-corrected chi connectivity index (χ4v) is 1.69. The molecule has 0 saturated carbocycles. The third-order valence-electron chi connectivity index (χ3n) is 2.77. The lowest BCUT2D eigenvalue weighted by Crippen LogP contribution is -2.33. The molecule has 1 rings (SSSR count). The Morgan fingerprint density at radius 3 is 2.33 bits per heavy atom. The molecule has 1 aromatic carbocycles. The lowest BCUT2D eigenvalue weighted by Gasteiger charge is -2.17. The maximum Gasteiger partial charge on any atom is 0.251 e. The van der Waals surface area contributed by atoms with Crippen LogP contribution >= 0.6 is 0 Å². The summed E-state index contributed by atoms with van der Waals surface area (Å²) in [6.07, 6.45) is 1.36. The van der Waals surface area contributed by atoms with Crippen LogP contribution < -0.4 is 5.32 Å². The lowest BCUT2D eigenvalue weighted by molar-refractivity contribution is -0.107. The summed E-state index contributed by atoms with van der Waals surface area (Å²) in [6, 6.07) is 9.29. The minimum absolute atomic E-state index is 0.0468. The van der Waals surface area contributed by atoms with Crippen LogP contribution in [0.4, 0.5) is 0 Å². The van der Waals surface area contributed by atoms with Gasteiger partial charge in [0.1, 0.15) is 0 Å². The van der Waals surface area contributed by atoms with E-state index in [1.807, 2.05) is 25.1 Å². The van der Waals surface area contributed by atoms with Gasteiger partial charge in [0.05, 0.1) is 0 Å². The van der Waals surface area contributed by atoms with Crippen LogP contribution in [0.5, 0.6) is 0 Å². The molecule has 100 valence electrons. The first-order valence-electron chi connectivity index (χ1n) is 6.09. The standard InChI is InChI=1S/C14H21NO3/c1-11(9-10-13(17-2)18-3)15-14(16)12-7-5-4-6-8-12/h4-8,11,13H,9-10H2,1-3H3,(H,15,16). The van der Waals surface area contributed by atoms with E-state index >= 15 is 0 Å². The Labute approximate surface area is 108 Å². The van der Waals surface area contributed by atoms with Gasteiger partial charge in [-0.2, -0.15) is 0 Å². The average molecular weight is 251 g/mol. The van der Waals surface area contributed by atoms with Gasteiger partial charge in [0.15, 0.2) is 6.29 Å². The van der Waals surface area contributed by atoms with Gasteiger partial charge in [0.2, 0.25) is 0 Å². The van der Waals surface area contributed by atoms with Crippen LogP contribution in [0.15, 0.2) is 30.3 Å². The van der Waals surface area contributed by atoms with E-state index in [-0.39, 0.29) is 18.2 Å². The SMILES string of the molecule is COC(CCC(C)NC(=O)c1ccccc1)OC. The van der Waals surface area contributed by atoms with E-state index in [4.69, 9.17) is 9.47 Å². The highest BCUT2D eigenvalue weighted by atomic mass is 16.7. The third-order valence-corrected chi connectivity index (χ3v) is 2.77. The molecule has 1 amide bonds. The zero-order valence-corrected chi connectivity index (χ0v) is 11.2. The van der Waals surface area contributed by atoms with Crippen molar-refractivity contribution in [1.29, 1.82) is 0 Å². The minimum atomic E-state index is -0.207. The molecule has 0 spiro atoms. The summed E-state index contributed by atoms with van der Waals surface area (Å²) in [5, 5.41) is 2.95. The molecule has 1 aromatic rings. The molecule has 1 unspecified atom stereocenters. The molecular weight excluding hydrogens is 230 g/mol. The maximum atomic E-state index is 11.9. The number of carbonyl (C=O) groups excluding carboxylic acids is 1. The second-order valence-corrected chi connectivity index (χ2v) is 4.22. The molecule has 0 heterocycles. The van der Waals surface area contributed by atoms with Crippen molar-refractivity contribution in [3.63, 3.8) is 0 Å². The molecule has 4 nitrogen and oxygen atoms in total. The summed E-state index contributed by atoms with van der Waals surface area (Å²) in [4.78, 5) is 11.9. The summed E-state index contributed by atoms with van der Waals surface area (Å²) in [5.74, 6) is -0.0468. The molecule has 18 heavy (non-hydrogen) atoms. The number of hydrogen-bond donors (Lipinski definition) is 1. The Kier molecular flexibility index (Phi) is 6.39. The quantitative estimate of drug-likeness (QED) is 0.756. The normalized spacial score (nSPS) is 12.4. The molecule has 1 N–H and O–H groups in total. The van der Waals surface area contributed by atoms with Crippen LogP contribution in [0.1, 0.15) is 30.1 Å². The van der Waals surface area contributed by atoms with Crippen molar-refractivity contribution >= 4 is 5.91 Å². The Morgan fingerprint density at radius 1 is 1.17 bits per heavy atom. The van der Waals surface area contributed by atoms with Crippen LogP contribution in [-0.4, -0.2) is 32.5 Å². The van der Waals surface area contributed by atoms with Gasteiger partial charge in [0.25, 0.3) is 5.91 Å². The molecular formula is C14H21NO3. The summed E-state index contributed by atoms with van der Waals surface area (Å²) < 4.78 is 10.2. The van der Waals surface area contributed by atoms with Crippen molar-refractivity contribution in [2.24, 2.45) is 0 Å². The van der Waals surface area contributed by atoms with Crippen LogP contribution in [0, 0.1) is 0 Å². The first-order valence-corrected chi connectivity index (χ1v) is 6.09. The van der Waals surface area contributed by atoms with E-state index in [2.05, 4.69) is 5.32 Å². The van der Waals surface area contributed by atoms with E-state index in [9.17, 15) is 4.79 Å². The van der Waals surface area contributed by atoms with Gasteiger partial charge in [-0.15, -0.1) is 0 Å². The van der Waals surface area contributed by atoms with Crippen molar-refractivity contribution in [3.8, 4) is 0 Å². The molecule has 4 heteroatoms. The van der Waals surface area contributed by atoms with Crippen molar-refractivity contribution in [1.82, 2.24) is 5.32 Å². The monoisotopic (exact) mass is 251 g/mol. The van der Waals surface area contributed by atoms with Gasteiger partial charge in [-0.1, -0.05) is 18.2 Å². The Morgan fingerprint density at radius 2 is 1.78 bits per heavy atom. The number of hydrogen-bond acceptors (Lipinski definition) is 3. The largest absolute Gasteiger partial charge is 0.356 e. The van der Waals surface area contributed by atoms with Gasteiger partial charge < -0.3 is 14.8 Å². The third kappa shape index (κ3) is 4.85. The lowest BCUT2D eigenvalue weighted by atomic mass is 10.1. The van der Waals surface area contributed by atoms with Crippen molar-refractivity contribution in [2.75, 3.05) is 14.2 Å². The molecule has 0 aliphatic carbocycles. The summed E-state index contributed by atoms with van der Waals surface area (Å²) in [7, 11) is 3.22. The average Bonchev–Trinajstić information content (AvgIpc) is 2.41. The molecule has 0 saturated heterocycles.